The van der Waals surface area contributed by atoms with Gasteiger partial charge in [-0.3, -0.25) is 0 Å². The lowest BCUT2D eigenvalue weighted by Gasteiger charge is -2.38. The minimum Gasteiger partial charge on any atom is -0.392 e. The monoisotopic (exact) mass is 201 g/mol. The van der Waals surface area contributed by atoms with Crippen molar-refractivity contribution in [3.63, 3.8) is 0 Å². The maximum Gasteiger partial charge on any atom is 0.0830 e. The van der Waals surface area contributed by atoms with Crippen molar-refractivity contribution in [3.05, 3.63) is 0 Å². The third-order valence-electron chi connectivity index (χ3n) is 3.95. The zero-order valence-electron chi connectivity index (χ0n) is 8.35. The lowest BCUT2D eigenvalue weighted by atomic mass is 9.71. The van der Waals surface area contributed by atoms with Gasteiger partial charge in [0.15, 0.2) is 0 Å². The second-order valence-corrected chi connectivity index (χ2v) is 4.56. The van der Waals surface area contributed by atoms with Gasteiger partial charge in [0.2, 0.25) is 0 Å². The number of ether oxygens (including phenoxy) is 1. The molecule has 0 radical (unpaired) electrons. The van der Waals surface area contributed by atoms with E-state index in [9.17, 15) is 10.2 Å². The molecule has 4 nitrogen and oxygen atoms in total. The Morgan fingerprint density at radius 2 is 2.14 bits per heavy atom. The number of aliphatic hydroxyl groups is 2. The first-order valence-electron chi connectivity index (χ1n) is 5.34. The van der Waals surface area contributed by atoms with Crippen molar-refractivity contribution in [1.29, 1.82) is 0 Å². The van der Waals surface area contributed by atoms with Crippen LogP contribution in [-0.4, -0.2) is 42.2 Å². The number of hydrogen-bond donors (Lipinski definition) is 3. The zero-order valence-corrected chi connectivity index (χ0v) is 8.35. The van der Waals surface area contributed by atoms with Gasteiger partial charge in [0.1, 0.15) is 0 Å². The van der Waals surface area contributed by atoms with E-state index >= 15 is 0 Å². The fraction of sp³-hybridized carbons (Fsp3) is 1.00. The van der Waals surface area contributed by atoms with Crippen LogP contribution in [0.4, 0.5) is 0 Å². The zero-order chi connectivity index (χ0) is 10.2. The minimum atomic E-state index is -0.453. The molecular formula is C10H19NO3. The molecule has 14 heavy (non-hydrogen) atoms. The highest BCUT2D eigenvalue weighted by Crippen LogP contribution is 2.46. The van der Waals surface area contributed by atoms with Crippen molar-refractivity contribution in [2.24, 2.45) is 17.1 Å². The minimum absolute atomic E-state index is 0.0185. The van der Waals surface area contributed by atoms with Crippen LogP contribution in [0.2, 0.25) is 0 Å². The first-order chi connectivity index (χ1) is 6.70. The quantitative estimate of drug-likeness (QED) is 0.562. The summed E-state index contributed by atoms with van der Waals surface area (Å²) in [5.74, 6) is 0.0185. The molecule has 0 spiro atoms. The normalized spacial score (nSPS) is 48.6. The Labute approximate surface area is 84.1 Å². The van der Waals surface area contributed by atoms with Gasteiger partial charge in [0.05, 0.1) is 25.4 Å². The van der Waals surface area contributed by atoms with Gasteiger partial charge >= 0.3 is 0 Å². The van der Waals surface area contributed by atoms with E-state index in [1.807, 2.05) is 0 Å². The van der Waals surface area contributed by atoms with Crippen molar-refractivity contribution in [3.8, 4) is 0 Å². The van der Waals surface area contributed by atoms with Gasteiger partial charge in [-0.25, -0.2) is 0 Å². The van der Waals surface area contributed by atoms with Crippen LogP contribution in [0.25, 0.3) is 0 Å². The Morgan fingerprint density at radius 1 is 1.36 bits per heavy atom. The van der Waals surface area contributed by atoms with Crippen molar-refractivity contribution in [1.82, 2.24) is 0 Å². The Balaban J connectivity index is 2.18. The lowest BCUT2D eigenvalue weighted by molar-refractivity contribution is -0.0250. The van der Waals surface area contributed by atoms with Gasteiger partial charge in [0.25, 0.3) is 0 Å². The van der Waals surface area contributed by atoms with Crippen molar-refractivity contribution >= 4 is 0 Å². The molecule has 1 heterocycles. The first kappa shape index (κ1) is 10.4. The van der Waals surface area contributed by atoms with E-state index in [4.69, 9.17) is 10.5 Å². The standard InChI is InChI=1S/C10H19NO3/c11-6-10(3-1-2-9(10)13)7-4-14-5-8(7)12/h7-9,12-13H,1-6,11H2. The fourth-order valence-corrected chi connectivity index (χ4v) is 2.99. The van der Waals surface area contributed by atoms with E-state index in [1.165, 1.54) is 0 Å². The molecule has 0 aromatic carbocycles. The summed E-state index contributed by atoms with van der Waals surface area (Å²) in [5, 5.41) is 19.7. The maximum atomic E-state index is 9.97. The molecular weight excluding hydrogens is 182 g/mol. The van der Waals surface area contributed by atoms with E-state index in [2.05, 4.69) is 0 Å². The van der Waals surface area contributed by atoms with Crippen molar-refractivity contribution in [2.45, 2.75) is 31.5 Å². The summed E-state index contributed by atoms with van der Waals surface area (Å²) in [5.41, 5.74) is 5.48. The lowest BCUT2D eigenvalue weighted by Crippen LogP contribution is -2.48. The average Bonchev–Trinajstić information content (AvgIpc) is 2.73. The van der Waals surface area contributed by atoms with Gasteiger partial charge < -0.3 is 20.7 Å². The Morgan fingerprint density at radius 3 is 2.57 bits per heavy atom. The molecule has 0 amide bonds. The molecule has 0 aromatic heterocycles. The van der Waals surface area contributed by atoms with E-state index in [0.717, 1.165) is 19.3 Å². The molecule has 4 atom stereocenters. The van der Waals surface area contributed by atoms with E-state index < -0.39 is 6.10 Å². The summed E-state index contributed by atoms with van der Waals surface area (Å²) in [6.45, 7) is 1.37. The van der Waals surface area contributed by atoms with Crippen LogP contribution in [-0.2, 0) is 4.74 Å². The summed E-state index contributed by atoms with van der Waals surface area (Å²) in [6.07, 6.45) is 1.90. The van der Waals surface area contributed by atoms with E-state index in [-0.39, 0.29) is 17.4 Å². The van der Waals surface area contributed by atoms with Crippen LogP contribution in [0.5, 0.6) is 0 Å². The Kier molecular flexibility index (Phi) is 2.79. The Bertz CT molecular complexity index is 212. The van der Waals surface area contributed by atoms with Crippen LogP contribution < -0.4 is 5.73 Å². The largest absolute Gasteiger partial charge is 0.392 e. The molecule has 1 saturated carbocycles. The summed E-state index contributed by atoms with van der Waals surface area (Å²) in [6, 6.07) is 0. The van der Waals surface area contributed by atoms with Gasteiger partial charge in [-0.2, -0.15) is 0 Å². The second kappa shape index (κ2) is 3.77. The first-order valence-corrected chi connectivity index (χ1v) is 5.34. The molecule has 4 N–H and O–H groups in total. The van der Waals surface area contributed by atoms with Crippen LogP contribution in [0.1, 0.15) is 19.3 Å². The highest BCUT2D eigenvalue weighted by Gasteiger charge is 2.51. The molecule has 1 aliphatic carbocycles. The molecule has 0 aromatic rings. The van der Waals surface area contributed by atoms with E-state index in [0.29, 0.717) is 19.8 Å². The van der Waals surface area contributed by atoms with Gasteiger partial charge in [-0.05, 0) is 12.8 Å². The van der Waals surface area contributed by atoms with Gasteiger partial charge in [-0.1, -0.05) is 6.42 Å². The van der Waals surface area contributed by atoms with Crippen LogP contribution in [0, 0.1) is 11.3 Å². The molecule has 82 valence electrons. The maximum absolute atomic E-state index is 9.97. The van der Waals surface area contributed by atoms with Crippen LogP contribution in [0.3, 0.4) is 0 Å². The number of aliphatic hydroxyl groups excluding tert-OH is 2. The molecule has 2 fully saturated rings. The molecule has 2 aliphatic rings. The molecule has 4 unspecified atom stereocenters. The third-order valence-corrected chi connectivity index (χ3v) is 3.95. The Hall–Kier alpha value is -0.160. The highest BCUT2D eigenvalue weighted by molar-refractivity contribution is 5.01. The summed E-state index contributed by atoms with van der Waals surface area (Å²) in [7, 11) is 0. The molecule has 1 aliphatic heterocycles. The molecule has 1 saturated heterocycles. The molecule has 0 bridgehead atoms. The molecule has 4 heteroatoms. The third kappa shape index (κ3) is 1.37. The average molecular weight is 201 g/mol. The predicted molar refractivity (Wildman–Crippen MR) is 51.7 cm³/mol. The number of hydrogen-bond acceptors (Lipinski definition) is 4. The summed E-state index contributed by atoms with van der Waals surface area (Å²) < 4.78 is 5.24. The van der Waals surface area contributed by atoms with Crippen LogP contribution in [0.15, 0.2) is 0 Å². The highest BCUT2D eigenvalue weighted by atomic mass is 16.5. The summed E-state index contributed by atoms with van der Waals surface area (Å²) >= 11 is 0. The number of rotatable bonds is 2. The van der Waals surface area contributed by atoms with Gasteiger partial charge in [-0.15, -0.1) is 0 Å². The topological polar surface area (TPSA) is 75.7 Å². The SMILES string of the molecule is NCC1(C2COCC2O)CCCC1O. The van der Waals surface area contributed by atoms with Gasteiger partial charge in [0, 0.05) is 17.9 Å². The summed E-state index contributed by atoms with van der Waals surface area (Å²) in [4.78, 5) is 0. The van der Waals surface area contributed by atoms with E-state index in [1.54, 1.807) is 0 Å². The van der Waals surface area contributed by atoms with Crippen LogP contribution >= 0.6 is 0 Å². The van der Waals surface area contributed by atoms with Crippen molar-refractivity contribution < 1.29 is 14.9 Å². The fourth-order valence-electron chi connectivity index (χ4n) is 2.99. The molecule has 2 rings (SSSR count). The van der Waals surface area contributed by atoms with Crippen molar-refractivity contribution in [2.75, 3.05) is 19.8 Å². The number of nitrogens with two attached hydrogens (primary N) is 1. The second-order valence-electron chi connectivity index (χ2n) is 4.56. The predicted octanol–water partition coefficient (Wildman–Crippen LogP) is -0.516. The smallest absolute Gasteiger partial charge is 0.0830 e.